The molecule has 0 saturated carbocycles. The second-order valence-corrected chi connectivity index (χ2v) is 5.92. The quantitative estimate of drug-likeness (QED) is 0.784. The van der Waals surface area contributed by atoms with E-state index in [0.717, 1.165) is 27.9 Å². The Labute approximate surface area is 140 Å². The van der Waals surface area contributed by atoms with Gasteiger partial charge in [-0.25, -0.2) is 0 Å². The molecule has 0 bridgehead atoms. The fourth-order valence-electron chi connectivity index (χ4n) is 2.73. The molecule has 0 amide bonds. The van der Waals surface area contributed by atoms with E-state index in [1.54, 1.807) is 13.3 Å². The van der Waals surface area contributed by atoms with Crippen molar-refractivity contribution in [1.29, 1.82) is 0 Å². The average Bonchev–Trinajstić information content (AvgIpc) is 2.62. The SMILES string of the molecule is COc1ccc2[nH]c(=O)c(CN(C)[C@H](C)c3ccccn3)cc2c1. The summed E-state index contributed by atoms with van der Waals surface area (Å²) in [6, 6.07) is 13.5. The second-order valence-electron chi connectivity index (χ2n) is 5.92. The number of benzene rings is 1. The van der Waals surface area contributed by atoms with Crippen LogP contribution in [0.2, 0.25) is 0 Å². The molecule has 2 aromatic heterocycles. The normalized spacial score (nSPS) is 12.5. The van der Waals surface area contributed by atoms with Gasteiger partial charge in [-0.05, 0) is 50.4 Å². The summed E-state index contributed by atoms with van der Waals surface area (Å²) in [7, 11) is 3.63. The number of H-pyrrole nitrogens is 1. The Morgan fingerprint density at radius 2 is 2.08 bits per heavy atom. The number of nitrogens with one attached hydrogen (secondary N) is 1. The van der Waals surface area contributed by atoms with Crippen molar-refractivity contribution in [2.75, 3.05) is 14.2 Å². The third-order valence-electron chi connectivity index (χ3n) is 4.33. The molecule has 5 heteroatoms. The molecule has 24 heavy (non-hydrogen) atoms. The monoisotopic (exact) mass is 323 g/mol. The lowest BCUT2D eigenvalue weighted by molar-refractivity contribution is 0.248. The van der Waals surface area contributed by atoms with Gasteiger partial charge < -0.3 is 9.72 Å². The molecular formula is C19H21N3O2. The summed E-state index contributed by atoms with van der Waals surface area (Å²) in [5.74, 6) is 0.774. The lowest BCUT2D eigenvalue weighted by Gasteiger charge is -2.24. The van der Waals surface area contributed by atoms with E-state index in [9.17, 15) is 4.79 Å². The lowest BCUT2D eigenvalue weighted by Crippen LogP contribution is -2.26. The Bertz CT molecular complexity index is 890. The molecule has 0 spiro atoms. The van der Waals surface area contributed by atoms with Crippen molar-refractivity contribution in [3.05, 3.63) is 70.3 Å². The van der Waals surface area contributed by atoms with E-state index < -0.39 is 0 Å². The molecule has 1 N–H and O–H groups in total. The van der Waals surface area contributed by atoms with Gasteiger partial charge in [0.1, 0.15) is 5.75 Å². The van der Waals surface area contributed by atoms with E-state index in [2.05, 4.69) is 21.8 Å². The predicted molar refractivity (Wildman–Crippen MR) is 95.2 cm³/mol. The van der Waals surface area contributed by atoms with Crippen LogP contribution in [-0.2, 0) is 6.54 Å². The molecule has 0 radical (unpaired) electrons. The van der Waals surface area contributed by atoms with E-state index in [0.29, 0.717) is 6.54 Å². The maximum Gasteiger partial charge on any atom is 0.252 e. The van der Waals surface area contributed by atoms with Gasteiger partial charge in [-0.15, -0.1) is 0 Å². The number of aromatic nitrogens is 2. The first-order chi connectivity index (χ1) is 11.6. The Hall–Kier alpha value is -2.66. The summed E-state index contributed by atoms with van der Waals surface area (Å²) < 4.78 is 5.26. The lowest BCUT2D eigenvalue weighted by atomic mass is 10.1. The predicted octanol–water partition coefficient (Wildman–Crippen LogP) is 3.12. The smallest absolute Gasteiger partial charge is 0.252 e. The summed E-state index contributed by atoms with van der Waals surface area (Å²) in [5.41, 5.74) is 2.46. The number of fused-ring (bicyclic) bond motifs is 1. The van der Waals surface area contributed by atoms with Crippen molar-refractivity contribution in [3.63, 3.8) is 0 Å². The molecule has 124 valence electrons. The van der Waals surface area contributed by atoms with Crippen LogP contribution in [0.25, 0.3) is 10.9 Å². The third kappa shape index (κ3) is 3.31. The average molecular weight is 323 g/mol. The van der Waals surface area contributed by atoms with Crippen molar-refractivity contribution in [2.24, 2.45) is 0 Å². The van der Waals surface area contributed by atoms with Crippen LogP contribution in [0.3, 0.4) is 0 Å². The largest absolute Gasteiger partial charge is 0.497 e. The van der Waals surface area contributed by atoms with Gasteiger partial charge in [0.05, 0.1) is 12.8 Å². The van der Waals surface area contributed by atoms with Crippen molar-refractivity contribution >= 4 is 10.9 Å². The molecule has 5 nitrogen and oxygen atoms in total. The first kappa shape index (κ1) is 16.2. The zero-order valence-electron chi connectivity index (χ0n) is 14.1. The third-order valence-corrected chi connectivity index (χ3v) is 4.33. The highest BCUT2D eigenvalue weighted by atomic mass is 16.5. The van der Waals surface area contributed by atoms with Crippen molar-refractivity contribution in [3.8, 4) is 5.75 Å². The molecule has 0 saturated heterocycles. The van der Waals surface area contributed by atoms with Crippen LogP contribution in [0.4, 0.5) is 0 Å². The van der Waals surface area contributed by atoms with Gasteiger partial charge in [0.15, 0.2) is 0 Å². The molecule has 0 fully saturated rings. The van der Waals surface area contributed by atoms with E-state index in [-0.39, 0.29) is 11.6 Å². The molecule has 0 aliphatic heterocycles. The maximum absolute atomic E-state index is 12.4. The molecule has 1 atom stereocenters. The van der Waals surface area contributed by atoms with E-state index in [4.69, 9.17) is 4.74 Å². The number of rotatable bonds is 5. The molecule has 1 aromatic carbocycles. The molecule has 3 aromatic rings. The highest BCUT2D eigenvalue weighted by molar-refractivity contribution is 5.80. The Balaban J connectivity index is 1.88. The molecule has 0 aliphatic carbocycles. The Morgan fingerprint density at radius 1 is 1.25 bits per heavy atom. The number of ether oxygens (including phenoxy) is 1. The number of nitrogens with zero attached hydrogens (tertiary/aromatic N) is 2. The van der Waals surface area contributed by atoms with E-state index in [1.165, 1.54) is 0 Å². The van der Waals surface area contributed by atoms with Crippen LogP contribution in [0.15, 0.2) is 53.5 Å². The molecule has 0 aliphatic rings. The molecule has 0 unspecified atom stereocenters. The van der Waals surface area contributed by atoms with E-state index in [1.807, 2.05) is 49.5 Å². The fraction of sp³-hybridized carbons (Fsp3) is 0.263. The summed E-state index contributed by atoms with van der Waals surface area (Å²) in [6.07, 6.45) is 1.79. The topological polar surface area (TPSA) is 58.2 Å². The molecule has 2 heterocycles. The van der Waals surface area contributed by atoms with Crippen LogP contribution in [0, 0.1) is 0 Å². The van der Waals surface area contributed by atoms with Crippen LogP contribution < -0.4 is 10.3 Å². The maximum atomic E-state index is 12.4. The van der Waals surface area contributed by atoms with Crippen LogP contribution in [-0.4, -0.2) is 29.0 Å². The minimum Gasteiger partial charge on any atom is -0.497 e. The summed E-state index contributed by atoms with van der Waals surface area (Å²) >= 11 is 0. The fourth-order valence-corrected chi connectivity index (χ4v) is 2.73. The number of aromatic amines is 1. The molecule has 3 rings (SSSR count). The zero-order valence-corrected chi connectivity index (χ0v) is 14.1. The number of pyridine rings is 2. The number of hydrogen-bond donors (Lipinski definition) is 1. The van der Waals surface area contributed by atoms with E-state index >= 15 is 0 Å². The summed E-state index contributed by atoms with van der Waals surface area (Å²) in [5, 5.41) is 0.961. The van der Waals surface area contributed by atoms with Gasteiger partial charge in [0.2, 0.25) is 0 Å². The highest BCUT2D eigenvalue weighted by Gasteiger charge is 2.15. The van der Waals surface area contributed by atoms with Crippen LogP contribution in [0.5, 0.6) is 5.75 Å². The van der Waals surface area contributed by atoms with Crippen molar-refractivity contribution in [2.45, 2.75) is 19.5 Å². The minimum absolute atomic E-state index is 0.0623. The van der Waals surface area contributed by atoms with Gasteiger partial charge in [-0.3, -0.25) is 14.7 Å². The van der Waals surface area contributed by atoms with Crippen LogP contribution in [0.1, 0.15) is 24.2 Å². The minimum atomic E-state index is -0.0623. The van der Waals surface area contributed by atoms with Gasteiger partial charge in [-0.2, -0.15) is 0 Å². The van der Waals surface area contributed by atoms with Gasteiger partial charge >= 0.3 is 0 Å². The standard InChI is InChI=1S/C19H21N3O2/c1-13(17-6-4-5-9-20-17)22(2)12-15-10-14-11-16(24-3)7-8-18(14)21-19(15)23/h4-11,13H,12H2,1-3H3,(H,21,23)/t13-/m1/s1. The molecular weight excluding hydrogens is 302 g/mol. The first-order valence-electron chi connectivity index (χ1n) is 7.89. The zero-order chi connectivity index (χ0) is 17.1. The van der Waals surface area contributed by atoms with Gasteiger partial charge in [0, 0.05) is 35.2 Å². The summed E-state index contributed by atoms with van der Waals surface area (Å²) in [4.78, 5) is 21.8. The van der Waals surface area contributed by atoms with Gasteiger partial charge in [0.25, 0.3) is 5.56 Å². The highest BCUT2D eigenvalue weighted by Crippen LogP contribution is 2.21. The van der Waals surface area contributed by atoms with Crippen LogP contribution >= 0.6 is 0 Å². The van der Waals surface area contributed by atoms with Gasteiger partial charge in [-0.1, -0.05) is 6.07 Å². The Morgan fingerprint density at radius 3 is 2.79 bits per heavy atom. The number of methoxy groups -OCH3 is 1. The van der Waals surface area contributed by atoms with Crippen molar-refractivity contribution < 1.29 is 4.74 Å². The Kier molecular flexibility index (Phi) is 4.62. The van der Waals surface area contributed by atoms with Crippen molar-refractivity contribution in [1.82, 2.24) is 14.9 Å². The summed E-state index contributed by atoms with van der Waals surface area (Å²) in [6.45, 7) is 2.63. The second kappa shape index (κ2) is 6.84. The first-order valence-corrected chi connectivity index (χ1v) is 7.89. The number of hydrogen-bond acceptors (Lipinski definition) is 4.